The molecule has 0 saturated heterocycles. The average molecular weight is 302 g/mol. The molecular weight excluding hydrogens is 283 g/mol. The molecule has 6 heteroatoms. The lowest BCUT2D eigenvalue weighted by atomic mass is 10.2. The predicted octanol–water partition coefficient (Wildman–Crippen LogP) is 3.03. The van der Waals surface area contributed by atoms with Crippen LogP contribution in [0.1, 0.15) is 30.9 Å². The van der Waals surface area contributed by atoms with E-state index in [0.29, 0.717) is 36.3 Å². The van der Waals surface area contributed by atoms with Crippen LogP contribution in [-0.4, -0.2) is 28.2 Å². The van der Waals surface area contributed by atoms with Gasteiger partial charge in [0.25, 0.3) is 0 Å². The Morgan fingerprint density at radius 3 is 2.77 bits per heavy atom. The highest BCUT2D eigenvalue weighted by atomic mass is 19.1. The first-order chi connectivity index (χ1) is 10.8. The van der Waals surface area contributed by atoms with Crippen LogP contribution in [0.2, 0.25) is 0 Å². The first-order valence-corrected chi connectivity index (χ1v) is 7.51. The number of nitrogens with one attached hydrogen (secondary N) is 2. The number of halogens is 1. The van der Waals surface area contributed by atoms with Gasteiger partial charge in [-0.1, -0.05) is 12.1 Å². The molecule has 1 heterocycles. The van der Waals surface area contributed by atoms with Crippen LogP contribution >= 0.6 is 0 Å². The van der Waals surface area contributed by atoms with E-state index in [9.17, 15) is 4.39 Å². The maximum Gasteiger partial charge on any atom is 0.224 e. The molecule has 0 radical (unpaired) electrons. The lowest BCUT2D eigenvalue weighted by molar-refractivity contribution is 0.292. The third kappa shape index (κ3) is 3.71. The third-order valence-corrected chi connectivity index (χ3v) is 3.50. The van der Waals surface area contributed by atoms with E-state index in [1.807, 2.05) is 6.07 Å². The summed E-state index contributed by atoms with van der Waals surface area (Å²) >= 11 is 0. The van der Waals surface area contributed by atoms with E-state index in [1.165, 1.54) is 6.07 Å². The second kappa shape index (κ2) is 6.70. The topological polar surface area (TPSA) is 70.1 Å². The molecule has 3 N–H and O–H groups in total. The summed E-state index contributed by atoms with van der Waals surface area (Å²) in [6, 6.07) is 8.38. The fourth-order valence-electron chi connectivity index (χ4n) is 2.18. The summed E-state index contributed by atoms with van der Waals surface area (Å²) in [5.74, 6) is 1.25. The molecule has 0 amide bonds. The highest BCUT2D eigenvalue weighted by molar-refractivity contribution is 5.58. The second-order valence-corrected chi connectivity index (χ2v) is 5.38. The van der Waals surface area contributed by atoms with Crippen LogP contribution in [0.25, 0.3) is 0 Å². The van der Waals surface area contributed by atoms with Crippen LogP contribution in [0, 0.1) is 5.82 Å². The molecule has 0 atom stereocenters. The van der Waals surface area contributed by atoms with Crippen molar-refractivity contribution < 1.29 is 9.50 Å². The molecule has 1 aliphatic carbocycles. The smallest absolute Gasteiger partial charge is 0.224 e. The Labute approximate surface area is 128 Å². The zero-order chi connectivity index (χ0) is 15.4. The molecule has 3 rings (SSSR count). The summed E-state index contributed by atoms with van der Waals surface area (Å²) in [5.41, 5.74) is 1.37. The van der Waals surface area contributed by atoms with Crippen molar-refractivity contribution in [3.05, 3.63) is 41.8 Å². The quantitative estimate of drug-likeness (QED) is 0.686. The largest absolute Gasteiger partial charge is 0.396 e. The number of aliphatic hydroxyl groups is 1. The molecule has 5 nitrogen and oxygen atoms in total. The summed E-state index contributed by atoms with van der Waals surface area (Å²) in [7, 11) is 0. The van der Waals surface area contributed by atoms with Gasteiger partial charge in [0, 0.05) is 25.1 Å². The van der Waals surface area contributed by atoms with Crippen LogP contribution in [0.15, 0.2) is 30.3 Å². The highest BCUT2D eigenvalue weighted by Crippen LogP contribution is 2.40. The van der Waals surface area contributed by atoms with Gasteiger partial charge in [-0.25, -0.2) is 9.37 Å². The molecular formula is C16H19FN4O. The maximum absolute atomic E-state index is 13.7. The van der Waals surface area contributed by atoms with Crippen LogP contribution in [0.5, 0.6) is 0 Å². The number of benzene rings is 1. The van der Waals surface area contributed by atoms with E-state index < -0.39 is 0 Å². The number of hydrogen-bond acceptors (Lipinski definition) is 5. The first-order valence-electron chi connectivity index (χ1n) is 7.51. The van der Waals surface area contributed by atoms with Crippen molar-refractivity contribution in [1.29, 1.82) is 0 Å². The van der Waals surface area contributed by atoms with Crippen molar-refractivity contribution in [3.63, 3.8) is 0 Å². The zero-order valence-electron chi connectivity index (χ0n) is 12.2. The van der Waals surface area contributed by atoms with Crippen LogP contribution in [0.4, 0.5) is 21.8 Å². The minimum atomic E-state index is -0.316. The Bertz CT molecular complexity index is 646. The fourth-order valence-corrected chi connectivity index (χ4v) is 2.18. The Balaban J connectivity index is 1.81. The summed E-state index contributed by atoms with van der Waals surface area (Å²) in [4.78, 5) is 8.86. The lowest BCUT2D eigenvalue weighted by Gasteiger charge is -2.11. The Kier molecular flexibility index (Phi) is 4.48. The number of rotatable bonds is 7. The molecule has 0 bridgehead atoms. The third-order valence-electron chi connectivity index (χ3n) is 3.50. The van der Waals surface area contributed by atoms with E-state index in [4.69, 9.17) is 5.11 Å². The normalized spacial score (nSPS) is 13.9. The van der Waals surface area contributed by atoms with E-state index in [0.717, 1.165) is 18.5 Å². The van der Waals surface area contributed by atoms with Gasteiger partial charge in [-0.05, 0) is 31.4 Å². The maximum atomic E-state index is 13.7. The summed E-state index contributed by atoms with van der Waals surface area (Å²) in [5, 5.41) is 14.9. The van der Waals surface area contributed by atoms with Gasteiger partial charge in [-0.3, -0.25) is 0 Å². The summed E-state index contributed by atoms with van der Waals surface area (Å²) in [6.07, 6.45) is 2.89. The van der Waals surface area contributed by atoms with Crippen LogP contribution < -0.4 is 10.6 Å². The molecule has 116 valence electrons. The van der Waals surface area contributed by atoms with Crippen molar-refractivity contribution in [3.8, 4) is 0 Å². The molecule has 0 unspecified atom stereocenters. The van der Waals surface area contributed by atoms with Crippen molar-refractivity contribution in [2.75, 3.05) is 23.8 Å². The van der Waals surface area contributed by atoms with Gasteiger partial charge in [-0.2, -0.15) is 4.98 Å². The molecule has 1 aromatic heterocycles. The van der Waals surface area contributed by atoms with Crippen molar-refractivity contribution in [2.45, 2.75) is 25.2 Å². The monoisotopic (exact) mass is 302 g/mol. The zero-order valence-corrected chi connectivity index (χ0v) is 12.2. The minimum Gasteiger partial charge on any atom is -0.396 e. The number of aromatic nitrogens is 2. The van der Waals surface area contributed by atoms with Crippen molar-refractivity contribution >= 4 is 17.5 Å². The number of para-hydroxylation sites is 1. The highest BCUT2D eigenvalue weighted by Gasteiger charge is 2.26. The standard InChI is InChI=1S/C16H19FN4O/c17-12-4-1-2-5-13(12)19-15-10-14(11-6-7-11)20-16(21-15)18-8-3-9-22/h1-2,4-5,10-11,22H,3,6-9H2,(H2,18,19,20,21). The van der Waals surface area contributed by atoms with Gasteiger partial charge in [-0.15, -0.1) is 0 Å². The van der Waals surface area contributed by atoms with Crippen LogP contribution in [0.3, 0.4) is 0 Å². The molecule has 22 heavy (non-hydrogen) atoms. The number of hydrogen-bond donors (Lipinski definition) is 3. The second-order valence-electron chi connectivity index (χ2n) is 5.38. The van der Waals surface area contributed by atoms with Gasteiger partial charge in [0.05, 0.1) is 11.4 Å². The van der Waals surface area contributed by atoms with Gasteiger partial charge in [0.1, 0.15) is 11.6 Å². The Hall–Kier alpha value is -2.21. The van der Waals surface area contributed by atoms with Crippen molar-refractivity contribution in [1.82, 2.24) is 9.97 Å². The van der Waals surface area contributed by atoms with E-state index in [1.54, 1.807) is 18.2 Å². The fraction of sp³-hybridized carbons (Fsp3) is 0.375. The average Bonchev–Trinajstić information content (AvgIpc) is 3.35. The predicted molar refractivity (Wildman–Crippen MR) is 83.9 cm³/mol. The SMILES string of the molecule is OCCCNc1nc(Nc2ccccc2F)cc(C2CC2)n1. The summed E-state index contributed by atoms with van der Waals surface area (Å²) in [6.45, 7) is 0.722. The molecule has 1 aromatic carbocycles. The van der Waals surface area contributed by atoms with Crippen LogP contribution in [-0.2, 0) is 0 Å². The number of nitrogens with zero attached hydrogens (tertiary/aromatic N) is 2. The number of aliphatic hydroxyl groups excluding tert-OH is 1. The summed E-state index contributed by atoms with van der Waals surface area (Å²) < 4.78 is 13.7. The molecule has 1 fully saturated rings. The lowest BCUT2D eigenvalue weighted by Crippen LogP contribution is -2.09. The van der Waals surface area contributed by atoms with Gasteiger partial charge >= 0.3 is 0 Å². The molecule has 0 spiro atoms. The molecule has 2 aromatic rings. The van der Waals surface area contributed by atoms with Gasteiger partial charge < -0.3 is 15.7 Å². The Morgan fingerprint density at radius 2 is 2.05 bits per heavy atom. The first kappa shape index (κ1) is 14.7. The van der Waals surface area contributed by atoms with E-state index >= 15 is 0 Å². The Morgan fingerprint density at radius 1 is 1.23 bits per heavy atom. The van der Waals surface area contributed by atoms with E-state index in [2.05, 4.69) is 20.6 Å². The molecule has 0 aliphatic heterocycles. The number of anilines is 3. The molecule has 1 aliphatic rings. The molecule has 1 saturated carbocycles. The van der Waals surface area contributed by atoms with E-state index in [-0.39, 0.29) is 12.4 Å². The van der Waals surface area contributed by atoms with Crippen molar-refractivity contribution in [2.24, 2.45) is 0 Å². The minimum absolute atomic E-state index is 0.121. The van der Waals surface area contributed by atoms with Gasteiger partial charge in [0.15, 0.2) is 0 Å². The van der Waals surface area contributed by atoms with Gasteiger partial charge in [0.2, 0.25) is 5.95 Å².